The van der Waals surface area contributed by atoms with Gasteiger partial charge in [-0.1, -0.05) is 37.4 Å². The third-order valence-corrected chi connectivity index (χ3v) is 6.61. The Balaban J connectivity index is 1.69. The van der Waals surface area contributed by atoms with Gasteiger partial charge in [-0.2, -0.15) is 4.39 Å². The Hall–Kier alpha value is -2.34. The summed E-state index contributed by atoms with van der Waals surface area (Å²) in [6, 6.07) is 0. The molecule has 0 radical (unpaired) electrons. The van der Waals surface area contributed by atoms with Crippen LogP contribution in [0.2, 0.25) is 0 Å². The molecular formula is C20H32FN7O3S. The first kappa shape index (κ1) is 24.3. The molecule has 0 unspecified atom stereocenters. The molecule has 12 heteroatoms. The lowest BCUT2D eigenvalue weighted by molar-refractivity contribution is -0.124. The molecule has 1 aliphatic heterocycles. The van der Waals surface area contributed by atoms with Crippen LogP contribution in [0.3, 0.4) is 0 Å². The highest BCUT2D eigenvalue weighted by molar-refractivity contribution is 7.98. The van der Waals surface area contributed by atoms with Crippen LogP contribution in [0.4, 0.5) is 20.8 Å². The van der Waals surface area contributed by atoms with Crippen LogP contribution in [-0.2, 0) is 4.79 Å². The van der Waals surface area contributed by atoms with E-state index in [2.05, 4.69) is 31.0 Å². The Labute approximate surface area is 191 Å². The molecule has 2 aliphatic rings. The molecule has 10 nitrogen and oxygen atoms in total. The smallest absolute Gasteiger partial charge is 0.404 e. The molecular weight excluding hydrogens is 437 g/mol. The highest BCUT2D eigenvalue weighted by Crippen LogP contribution is 2.30. The van der Waals surface area contributed by atoms with E-state index in [-0.39, 0.29) is 18.2 Å². The zero-order valence-corrected chi connectivity index (χ0v) is 19.4. The monoisotopic (exact) mass is 469 g/mol. The molecule has 32 heavy (non-hydrogen) atoms. The fraction of sp³-hybridized carbons (Fsp3) is 0.700. The minimum absolute atomic E-state index is 0.00814. The molecule has 2 fully saturated rings. The van der Waals surface area contributed by atoms with E-state index in [4.69, 9.17) is 5.11 Å². The maximum atomic E-state index is 15.2. The normalized spacial score (nSPS) is 18.4. The number of likely N-dealkylation sites (N-methyl/N-ethyl adjacent to an activating group) is 1. The van der Waals surface area contributed by atoms with E-state index in [1.54, 1.807) is 6.26 Å². The Morgan fingerprint density at radius 2 is 1.91 bits per heavy atom. The molecule has 1 aliphatic carbocycles. The van der Waals surface area contributed by atoms with Crippen LogP contribution in [0.1, 0.15) is 32.1 Å². The number of halogens is 1. The fourth-order valence-electron chi connectivity index (χ4n) is 4.18. The number of anilines is 2. The van der Waals surface area contributed by atoms with Crippen LogP contribution in [0, 0.1) is 17.7 Å². The summed E-state index contributed by atoms with van der Waals surface area (Å²) >= 11 is 1.29. The van der Waals surface area contributed by atoms with Crippen LogP contribution < -0.4 is 21.1 Å². The average molecular weight is 470 g/mol. The van der Waals surface area contributed by atoms with Crippen LogP contribution >= 0.6 is 11.8 Å². The third-order valence-electron chi connectivity index (χ3n) is 6.07. The van der Waals surface area contributed by atoms with Gasteiger partial charge in [-0.05, 0) is 25.6 Å². The quantitative estimate of drug-likeness (QED) is 0.244. The predicted octanol–water partition coefficient (Wildman–Crippen LogP) is 2.00. The number of carboxylic acid groups (broad SMARTS) is 1. The number of amides is 2. The molecule has 2 heterocycles. The second kappa shape index (κ2) is 11.5. The molecule has 4 N–H and O–H groups in total. The lowest BCUT2D eigenvalue weighted by Crippen LogP contribution is -2.45. The highest BCUT2D eigenvalue weighted by atomic mass is 32.2. The molecule has 1 atom stereocenters. The summed E-state index contributed by atoms with van der Waals surface area (Å²) in [5.74, 6) is -1.06. The van der Waals surface area contributed by atoms with Crippen molar-refractivity contribution in [1.29, 1.82) is 0 Å². The summed E-state index contributed by atoms with van der Waals surface area (Å²) in [6.45, 7) is 2.91. The van der Waals surface area contributed by atoms with E-state index in [1.807, 2.05) is 11.9 Å². The topological polar surface area (TPSA) is 123 Å². The number of nitrogens with zero attached hydrogens (tertiary/aromatic N) is 4. The van der Waals surface area contributed by atoms with E-state index in [1.165, 1.54) is 11.8 Å². The van der Waals surface area contributed by atoms with Gasteiger partial charge in [0.1, 0.15) is 0 Å². The van der Waals surface area contributed by atoms with Crippen LogP contribution in [0.5, 0.6) is 0 Å². The first-order valence-electron chi connectivity index (χ1n) is 10.9. The SMILES string of the molecule is CSc1nc(NNC(=O)[C@@H](CNC(=O)O)CC2CCCC2)c(F)c(N2CCN(C)CC2)n1. The van der Waals surface area contributed by atoms with Crippen molar-refractivity contribution in [3.63, 3.8) is 0 Å². The van der Waals surface area contributed by atoms with Gasteiger partial charge in [-0.25, -0.2) is 14.8 Å². The minimum atomic E-state index is -1.18. The summed E-state index contributed by atoms with van der Waals surface area (Å²) in [5, 5.41) is 11.6. The Morgan fingerprint density at radius 1 is 1.22 bits per heavy atom. The lowest BCUT2D eigenvalue weighted by atomic mass is 9.92. The fourth-order valence-corrected chi connectivity index (χ4v) is 4.54. The van der Waals surface area contributed by atoms with Crippen molar-refractivity contribution in [2.45, 2.75) is 37.3 Å². The second-order valence-corrected chi connectivity index (χ2v) is 9.14. The van der Waals surface area contributed by atoms with Crippen molar-refractivity contribution in [3.05, 3.63) is 5.82 Å². The van der Waals surface area contributed by atoms with E-state index in [0.717, 1.165) is 38.8 Å². The molecule has 2 amide bonds. The second-order valence-electron chi connectivity index (χ2n) is 8.37. The molecule has 3 rings (SSSR count). The Kier molecular flexibility index (Phi) is 8.74. The van der Waals surface area contributed by atoms with E-state index in [0.29, 0.717) is 30.6 Å². The van der Waals surface area contributed by atoms with Crippen LogP contribution in [0.15, 0.2) is 5.16 Å². The number of carbonyl (C=O) groups excluding carboxylic acids is 1. The zero-order valence-electron chi connectivity index (χ0n) is 18.6. The molecule has 1 saturated carbocycles. The van der Waals surface area contributed by atoms with Crippen molar-refractivity contribution in [1.82, 2.24) is 25.6 Å². The van der Waals surface area contributed by atoms with Crippen molar-refractivity contribution in [2.75, 3.05) is 56.4 Å². The number of hydrogen-bond donors (Lipinski definition) is 4. The molecule has 0 aromatic carbocycles. The number of hydrogen-bond acceptors (Lipinski definition) is 8. The van der Waals surface area contributed by atoms with Gasteiger partial charge in [-0.15, -0.1) is 0 Å². The van der Waals surface area contributed by atoms with Crippen molar-refractivity contribution < 1.29 is 19.1 Å². The summed E-state index contributed by atoms with van der Waals surface area (Å²) in [5.41, 5.74) is 5.16. The van der Waals surface area contributed by atoms with Crippen molar-refractivity contribution >= 4 is 35.4 Å². The number of rotatable bonds is 9. The summed E-state index contributed by atoms with van der Waals surface area (Å²) in [4.78, 5) is 36.3. The molecule has 1 saturated heterocycles. The van der Waals surface area contributed by atoms with Crippen molar-refractivity contribution in [3.8, 4) is 0 Å². The number of piperazine rings is 1. The Bertz CT molecular complexity index is 802. The van der Waals surface area contributed by atoms with Gasteiger partial charge in [-0.3, -0.25) is 15.6 Å². The maximum Gasteiger partial charge on any atom is 0.404 e. The van der Waals surface area contributed by atoms with Crippen molar-refractivity contribution in [2.24, 2.45) is 11.8 Å². The first-order chi connectivity index (χ1) is 15.4. The summed E-state index contributed by atoms with van der Waals surface area (Å²) in [6.07, 6.45) is 5.55. The molecule has 178 valence electrons. The number of thioether (sulfide) groups is 1. The number of hydrazine groups is 1. The van der Waals surface area contributed by atoms with Crippen LogP contribution in [0.25, 0.3) is 0 Å². The average Bonchev–Trinajstić information content (AvgIpc) is 3.29. The minimum Gasteiger partial charge on any atom is -0.465 e. The van der Waals surface area contributed by atoms with E-state index < -0.39 is 23.7 Å². The first-order valence-corrected chi connectivity index (χ1v) is 12.2. The van der Waals surface area contributed by atoms with Gasteiger partial charge in [0, 0.05) is 32.7 Å². The molecule has 0 bridgehead atoms. The standard InChI is InChI=1S/C20H32FN7O3S/c1-27-7-9-28(10-8-27)17-15(21)16(23-19(24-17)32-2)25-26-18(29)14(12-22-20(30)31)11-13-5-3-4-6-13/h13-14,22H,3-12H2,1-2H3,(H,26,29)(H,30,31)(H,23,24,25)/t14-/m1/s1. The summed E-state index contributed by atoms with van der Waals surface area (Å²) in [7, 11) is 2.02. The maximum absolute atomic E-state index is 15.2. The van der Waals surface area contributed by atoms with Gasteiger partial charge < -0.3 is 20.2 Å². The largest absolute Gasteiger partial charge is 0.465 e. The number of aromatic nitrogens is 2. The van der Waals surface area contributed by atoms with Gasteiger partial charge in [0.15, 0.2) is 16.8 Å². The van der Waals surface area contributed by atoms with Gasteiger partial charge in [0.25, 0.3) is 0 Å². The highest BCUT2D eigenvalue weighted by Gasteiger charge is 2.27. The predicted molar refractivity (Wildman–Crippen MR) is 121 cm³/mol. The molecule has 0 spiro atoms. The van der Waals surface area contributed by atoms with Crippen LogP contribution in [-0.4, -0.2) is 78.0 Å². The van der Waals surface area contributed by atoms with Gasteiger partial charge >= 0.3 is 6.09 Å². The summed E-state index contributed by atoms with van der Waals surface area (Å²) < 4.78 is 15.2. The van der Waals surface area contributed by atoms with Gasteiger partial charge in [0.05, 0.1) is 5.92 Å². The van der Waals surface area contributed by atoms with E-state index in [9.17, 15) is 9.59 Å². The van der Waals surface area contributed by atoms with Gasteiger partial charge in [0.2, 0.25) is 11.7 Å². The number of carbonyl (C=O) groups is 2. The lowest BCUT2D eigenvalue weighted by Gasteiger charge is -2.33. The third kappa shape index (κ3) is 6.58. The molecule has 1 aromatic heterocycles. The zero-order chi connectivity index (χ0) is 23.1. The Morgan fingerprint density at radius 3 is 2.53 bits per heavy atom. The number of nitrogens with one attached hydrogen (secondary N) is 3. The molecule has 1 aromatic rings. The van der Waals surface area contributed by atoms with E-state index >= 15 is 4.39 Å².